The molecule has 20 heavy (non-hydrogen) atoms. The third-order valence-corrected chi connectivity index (χ3v) is 3.09. The van der Waals surface area contributed by atoms with Gasteiger partial charge in [-0.15, -0.1) is 0 Å². The van der Waals surface area contributed by atoms with Crippen molar-refractivity contribution in [1.29, 1.82) is 0 Å². The first-order valence-electron chi connectivity index (χ1n) is 6.93. The number of nitrogens with one attached hydrogen (secondary N) is 2. The molecule has 0 atom stereocenters. The van der Waals surface area contributed by atoms with Crippen molar-refractivity contribution in [2.75, 3.05) is 5.32 Å². The molecule has 0 radical (unpaired) electrons. The Bertz CT molecular complexity index is 644. The van der Waals surface area contributed by atoms with Crippen LogP contribution in [0.3, 0.4) is 0 Å². The van der Waals surface area contributed by atoms with Gasteiger partial charge in [-0.2, -0.15) is 0 Å². The van der Waals surface area contributed by atoms with Crippen molar-refractivity contribution in [3.8, 4) is 11.1 Å². The molecule has 2 rings (SSSR count). The summed E-state index contributed by atoms with van der Waals surface area (Å²) < 4.78 is 0. The highest BCUT2D eigenvalue weighted by atomic mass is 16.1. The minimum Gasteiger partial charge on any atom is -0.368 e. The van der Waals surface area contributed by atoms with Crippen LogP contribution in [0.15, 0.2) is 35.4 Å². The second kappa shape index (κ2) is 5.90. The summed E-state index contributed by atoms with van der Waals surface area (Å²) in [5, 5.41) is 3.35. The number of nitrogens with zero attached hydrogens (tertiary/aromatic N) is 1. The van der Waals surface area contributed by atoms with E-state index in [2.05, 4.69) is 43.0 Å². The van der Waals surface area contributed by atoms with Crippen LogP contribution < -0.4 is 10.9 Å². The van der Waals surface area contributed by atoms with Crippen LogP contribution in [0.5, 0.6) is 0 Å². The van der Waals surface area contributed by atoms with E-state index < -0.39 is 0 Å². The zero-order chi connectivity index (χ0) is 14.7. The molecule has 0 aliphatic rings. The van der Waals surface area contributed by atoms with E-state index >= 15 is 0 Å². The molecule has 0 aliphatic heterocycles. The highest BCUT2D eigenvalue weighted by molar-refractivity contribution is 5.65. The Balaban J connectivity index is 2.50. The molecule has 0 bridgehead atoms. The molecule has 0 aromatic carbocycles. The second-order valence-corrected chi connectivity index (χ2v) is 5.53. The summed E-state index contributed by atoms with van der Waals surface area (Å²) >= 11 is 0. The minimum absolute atomic E-state index is 0.0893. The van der Waals surface area contributed by atoms with Gasteiger partial charge in [0.1, 0.15) is 5.82 Å². The predicted octanol–water partition coefficient (Wildman–Crippen LogP) is 3.38. The summed E-state index contributed by atoms with van der Waals surface area (Å²) in [6.45, 7) is 8.42. The van der Waals surface area contributed by atoms with Crippen LogP contribution in [0, 0.1) is 0 Å². The maximum atomic E-state index is 11.9. The molecular weight excluding hydrogens is 250 g/mol. The Kier molecular flexibility index (Phi) is 4.23. The van der Waals surface area contributed by atoms with E-state index in [1.165, 1.54) is 0 Å². The fourth-order valence-electron chi connectivity index (χ4n) is 2.11. The third kappa shape index (κ3) is 3.07. The van der Waals surface area contributed by atoms with Gasteiger partial charge in [0, 0.05) is 29.6 Å². The lowest BCUT2D eigenvalue weighted by Gasteiger charge is -2.17. The summed E-state index contributed by atoms with van der Waals surface area (Å²) in [6, 6.07) is 6.01. The second-order valence-electron chi connectivity index (χ2n) is 5.53. The van der Waals surface area contributed by atoms with Gasteiger partial charge in [-0.05, 0) is 43.5 Å². The van der Waals surface area contributed by atoms with E-state index in [0.29, 0.717) is 17.5 Å². The van der Waals surface area contributed by atoms with Gasteiger partial charge in [-0.25, -0.2) is 4.98 Å². The summed E-state index contributed by atoms with van der Waals surface area (Å²) in [7, 11) is 0. The van der Waals surface area contributed by atoms with E-state index in [1.54, 1.807) is 12.4 Å². The number of aromatic amines is 1. The van der Waals surface area contributed by atoms with Gasteiger partial charge in [0.25, 0.3) is 5.56 Å². The summed E-state index contributed by atoms with van der Waals surface area (Å²) in [6.07, 6.45) is 3.39. The van der Waals surface area contributed by atoms with Crippen LogP contribution in [0.2, 0.25) is 0 Å². The van der Waals surface area contributed by atoms with Crippen LogP contribution in [0.25, 0.3) is 11.1 Å². The molecule has 0 spiro atoms. The first kappa shape index (κ1) is 14.3. The van der Waals surface area contributed by atoms with Gasteiger partial charge < -0.3 is 10.3 Å². The smallest absolute Gasteiger partial charge is 0.255 e. The van der Waals surface area contributed by atoms with Crippen molar-refractivity contribution >= 4 is 5.82 Å². The largest absolute Gasteiger partial charge is 0.368 e. The number of hydrogen-bond donors (Lipinski definition) is 2. The first-order chi connectivity index (χ1) is 9.49. The number of hydrogen-bond acceptors (Lipinski definition) is 3. The van der Waals surface area contributed by atoms with Crippen LogP contribution in [-0.4, -0.2) is 16.0 Å². The molecule has 106 valence electrons. The molecule has 2 aromatic heterocycles. The minimum atomic E-state index is -0.0893. The van der Waals surface area contributed by atoms with Crippen LogP contribution in [0.4, 0.5) is 5.82 Å². The van der Waals surface area contributed by atoms with Crippen LogP contribution in [0.1, 0.15) is 39.2 Å². The van der Waals surface area contributed by atoms with E-state index in [4.69, 9.17) is 0 Å². The number of rotatable bonds is 4. The molecule has 0 unspecified atom stereocenters. The predicted molar refractivity (Wildman–Crippen MR) is 83.1 cm³/mol. The molecule has 0 saturated heterocycles. The van der Waals surface area contributed by atoms with Gasteiger partial charge in [-0.1, -0.05) is 13.8 Å². The SMILES string of the molecule is CC(C)Nc1ncc(-c2ccc[nH]c2=O)cc1C(C)C. The van der Waals surface area contributed by atoms with Crippen LogP contribution in [-0.2, 0) is 0 Å². The molecule has 2 aromatic rings. The lowest BCUT2D eigenvalue weighted by molar-refractivity contribution is 0.834. The van der Waals surface area contributed by atoms with Crippen LogP contribution >= 0.6 is 0 Å². The quantitative estimate of drug-likeness (QED) is 0.896. The molecule has 2 heterocycles. The highest BCUT2D eigenvalue weighted by Crippen LogP contribution is 2.27. The van der Waals surface area contributed by atoms with Gasteiger partial charge in [-0.3, -0.25) is 4.79 Å². The van der Waals surface area contributed by atoms with Crippen molar-refractivity contribution in [1.82, 2.24) is 9.97 Å². The number of anilines is 1. The van der Waals surface area contributed by atoms with Crippen molar-refractivity contribution in [3.05, 3.63) is 46.5 Å². The molecule has 2 N–H and O–H groups in total. The normalized spacial score (nSPS) is 11.1. The number of H-pyrrole nitrogens is 1. The van der Waals surface area contributed by atoms with Gasteiger partial charge in [0.05, 0.1) is 0 Å². The monoisotopic (exact) mass is 271 g/mol. The lowest BCUT2D eigenvalue weighted by atomic mass is 9.99. The zero-order valence-corrected chi connectivity index (χ0v) is 12.4. The number of pyridine rings is 2. The van der Waals surface area contributed by atoms with E-state index in [1.807, 2.05) is 18.2 Å². The average Bonchev–Trinajstić information content (AvgIpc) is 2.39. The molecule has 0 saturated carbocycles. The fourth-order valence-corrected chi connectivity index (χ4v) is 2.11. The summed E-state index contributed by atoms with van der Waals surface area (Å²) in [4.78, 5) is 19.1. The average molecular weight is 271 g/mol. The summed E-state index contributed by atoms with van der Waals surface area (Å²) in [5.74, 6) is 1.23. The molecule has 4 nitrogen and oxygen atoms in total. The molecule has 0 fully saturated rings. The Hall–Kier alpha value is -2.10. The molecule has 0 amide bonds. The van der Waals surface area contributed by atoms with E-state index in [-0.39, 0.29) is 5.56 Å². The first-order valence-corrected chi connectivity index (χ1v) is 6.93. The van der Waals surface area contributed by atoms with E-state index in [9.17, 15) is 4.79 Å². The highest BCUT2D eigenvalue weighted by Gasteiger charge is 2.12. The fraction of sp³-hybridized carbons (Fsp3) is 0.375. The molecule has 4 heteroatoms. The standard InChI is InChI=1S/C16H21N3O/c1-10(2)14-8-12(9-18-15(14)19-11(3)4)13-6-5-7-17-16(13)20/h5-11H,1-4H3,(H,17,20)(H,18,19). The lowest BCUT2D eigenvalue weighted by Crippen LogP contribution is -2.14. The number of aromatic nitrogens is 2. The Morgan fingerprint density at radius 2 is 2.00 bits per heavy atom. The van der Waals surface area contributed by atoms with Gasteiger partial charge in [0.15, 0.2) is 0 Å². The zero-order valence-electron chi connectivity index (χ0n) is 12.4. The summed E-state index contributed by atoms with van der Waals surface area (Å²) in [5.41, 5.74) is 2.54. The third-order valence-electron chi connectivity index (χ3n) is 3.09. The Morgan fingerprint density at radius 1 is 1.25 bits per heavy atom. The maximum Gasteiger partial charge on any atom is 0.255 e. The Labute approximate surface area is 119 Å². The van der Waals surface area contributed by atoms with Crippen molar-refractivity contribution in [3.63, 3.8) is 0 Å². The van der Waals surface area contributed by atoms with Gasteiger partial charge in [0.2, 0.25) is 0 Å². The van der Waals surface area contributed by atoms with Crippen molar-refractivity contribution in [2.45, 2.75) is 39.7 Å². The maximum absolute atomic E-state index is 11.9. The van der Waals surface area contributed by atoms with Crippen molar-refractivity contribution < 1.29 is 0 Å². The molecular formula is C16H21N3O. The molecule has 0 aliphatic carbocycles. The van der Waals surface area contributed by atoms with Crippen molar-refractivity contribution in [2.24, 2.45) is 0 Å². The Morgan fingerprint density at radius 3 is 2.60 bits per heavy atom. The topological polar surface area (TPSA) is 57.8 Å². The van der Waals surface area contributed by atoms with E-state index in [0.717, 1.165) is 16.9 Å². The van der Waals surface area contributed by atoms with Gasteiger partial charge >= 0.3 is 0 Å².